The number of benzene rings is 3. The largest absolute Gasteiger partial charge is 0.493 e. The Balaban J connectivity index is 1.29. The van der Waals surface area contributed by atoms with Gasteiger partial charge in [0.1, 0.15) is 0 Å². The first kappa shape index (κ1) is 28.0. The molecule has 0 unspecified atom stereocenters. The average Bonchev–Trinajstić information content (AvgIpc) is 3.40. The van der Waals surface area contributed by atoms with Gasteiger partial charge >= 0.3 is 11.8 Å². The molecule has 13 heteroatoms. The van der Waals surface area contributed by atoms with Crippen molar-refractivity contribution in [3.63, 3.8) is 0 Å². The van der Waals surface area contributed by atoms with Crippen LogP contribution >= 0.6 is 34.2 Å². The number of carbonyl (C=O) groups is 3. The summed E-state index contributed by atoms with van der Waals surface area (Å²) >= 11 is 8.09. The monoisotopic (exact) mass is 664 g/mol. The second kappa shape index (κ2) is 13.2. The molecule has 0 radical (unpaired) electrons. The van der Waals surface area contributed by atoms with Crippen LogP contribution in [0.25, 0.3) is 0 Å². The third-order valence-corrected chi connectivity index (χ3v) is 6.35. The van der Waals surface area contributed by atoms with Crippen molar-refractivity contribution in [3.05, 3.63) is 74.3 Å². The maximum atomic E-state index is 12.3. The normalized spacial score (nSPS) is 11.7. The number of carbonyl (C=O) groups excluding carboxylic acids is 3. The molecule has 11 nitrogen and oxygen atoms in total. The SMILES string of the molecule is COc1cc(/C=N\NC(=O)C(=O)NCc2ccc3c(c2)OCO3)cc(I)c1OCC(=O)Nc1ccccc1Cl. The van der Waals surface area contributed by atoms with E-state index in [1.807, 2.05) is 22.6 Å². The van der Waals surface area contributed by atoms with E-state index in [4.69, 9.17) is 30.5 Å². The standard InChI is InChI=1S/C26H22ClIN4O7/c1-36-22-10-16(8-18(28)24(22)37-13-23(33)31-19-5-3-2-4-17(19)27)12-30-32-26(35)25(34)29-11-15-6-7-20-21(9-15)39-14-38-20/h2-10,12H,11,13-14H2,1H3,(H,29,34)(H,31,33)(H,32,35)/b30-12-. The maximum absolute atomic E-state index is 12.3. The fourth-order valence-corrected chi connectivity index (χ4v) is 4.33. The summed E-state index contributed by atoms with van der Waals surface area (Å²) in [7, 11) is 1.45. The molecule has 39 heavy (non-hydrogen) atoms. The van der Waals surface area contributed by atoms with E-state index in [-0.39, 0.29) is 19.9 Å². The predicted molar refractivity (Wildman–Crippen MR) is 151 cm³/mol. The van der Waals surface area contributed by atoms with Crippen LogP contribution in [-0.2, 0) is 20.9 Å². The lowest BCUT2D eigenvalue weighted by Crippen LogP contribution is -2.37. The van der Waals surface area contributed by atoms with Gasteiger partial charge in [0.2, 0.25) is 6.79 Å². The Labute approximate surface area is 241 Å². The second-order valence-corrected chi connectivity index (χ2v) is 9.49. The minimum atomic E-state index is -0.932. The van der Waals surface area contributed by atoms with Gasteiger partial charge in [-0.05, 0) is 70.1 Å². The molecule has 0 aromatic heterocycles. The van der Waals surface area contributed by atoms with E-state index in [0.717, 1.165) is 5.56 Å². The molecule has 0 aliphatic carbocycles. The summed E-state index contributed by atoms with van der Waals surface area (Å²) in [6.45, 7) is -0.00378. The van der Waals surface area contributed by atoms with Gasteiger partial charge in [-0.15, -0.1) is 0 Å². The van der Waals surface area contributed by atoms with Crippen molar-refractivity contribution in [2.24, 2.45) is 5.10 Å². The number of methoxy groups -OCH3 is 1. The second-order valence-electron chi connectivity index (χ2n) is 7.92. The summed E-state index contributed by atoms with van der Waals surface area (Å²) in [5, 5.41) is 9.45. The van der Waals surface area contributed by atoms with Crippen LogP contribution in [0.2, 0.25) is 5.02 Å². The number of hydrazone groups is 1. The molecule has 1 heterocycles. The third-order valence-electron chi connectivity index (χ3n) is 5.22. The number of hydrogen-bond donors (Lipinski definition) is 3. The Bertz CT molecular complexity index is 1430. The highest BCUT2D eigenvalue weighted by Gasteiger charge is 2.17. The molecule has 0 fully saturated rings. The number of halogens is 2. The molecule has 1 aliphatic rings. The quantitative estimate of drug-likeness (QED) is 0.138. The van der Waals surface area contributed by atoms with Gasteiger partial charge in [-0.2, -0.15) is 5.10 Å². The van der Waals surface area contributed by atoms with Crippen LogP contribution in [0.5, 0.6) is 23.0 Å². The van der Waals surface area contributed by atoms with Gasteiger partial charge < -0.3 is 29.6 Å². The zero-order chi connectivity index (χ0) is 27.8. The lowest BCUT2D eigenvalue weighted by atomic mass is 10.2. The molecule has 0 spiro atoms. The van der Waals surface area contributed by atoms with Crippen LogP contribution < -0.4 is 35.0 Å². The molecule has 0 bridgehead atoms. The van der Waals surface area contributed by atoms with Crippen LogP contribution in [0, 0.1) is 3.57 Å². The van der Waals surface area contributed by atoms with E-state index in [0.29, 0.717) is 42.8 Å². The minimum Gasteiger partial charge on any atom is -0.493 e. The van der Waals surface area contributed by atoms with Gasteiger partial charge in [-0.3, -0.25) is 14.4 Å². The van der Waals surface area contributed by atoms with Gasteiger partial charge in [0, 0.05) is 6.54 Å². The highest BCUT2D eigenvalue weighted by Crippen LogP contribution is 2.34. The van der Waals surface area contributed by atoms with Crippen molar-refractivity contribution in [3.8, 4) is 23.0 Å². The van der Waals surface area contributed by atoms with Crippen molar-refractivity contribution in [2.75, 3.05) is 25.8 Å². The zero-order valence-electron chi connectivity index (χ0n) is 20.5. The molecule has 3 N–H and O–H groups in total. The molecule has 3 aromatic carbocycles. The van der Waals surface area contributed by atoms with Crippen LogP contribution in [-0.4, -0.2) is 44.4 Å². The number of ether oxygens (including phenoxy) is 4. The third kappa shape index (κ3) is 7.51. The van der Waals surface area contributed by atoms with Crippen molar-refractivity contribution < 1.29 is 33.3 Å². The number of hydrogen-bond acceptors (Lipinski definition) is 8. The number of para-hydroxylation sites is 1. The molecule has 0 saturated heterocycles. The topological polar surface area (TPSA) is 137 Å². The van der Waals surface area contributed by atoms with Crippen molar-refractivity contribution >= 4 is 63.8 Å². The molecule has 1 aliphatic heterocycles. The number of fused-ring (bicyclic) bond motifs is 1. The summed E-state index contributed by atoms with van der Waals surface area (Å²) in [6.07, 6.45) is 1.35. The van der Waals surface area contributed by atoms with Gasteiger partial charge in [-0.25, -0.2) is 5.43 Å². The van der Waals surface area contributed by atoms with E-state index >= 15 is 0 Å². The maximum Gasteiger partial charge on any atom is 0.329 e. The first-order valence-electron chi connectivity index (χ1n) is 11.4. The lowest BCUT2D eigenvalue weighted by molar-refractivity contribution is -0.139. The van der Waals surface area contributed by atoms with E-state index in [9.17, 15) is 14.4 Å². The minimum absolute atomic E-state index is 0.125. The Morgan fingerprint density at radius 1 is 1.08 bits per heavy atom. The molecule has 3 aromatic rings. The average molecular weight is 665 g/mol. The van der Waals surface area contributed by atoms with E-state index in [2.05, 4.69) is 21.2 Å². The zero-order valence-corrected chi connectivity index (χ0v) is 23.4. The van der Waals surface area contributed by atoms with Gasteiger partial charge in [0.05, 0.1) is 27.6 Å². The molecule has 3 amide bonds. The fourth-order valence-electron chi connectivity index (χ4n) is 3.37. The van der Waals surface area contributed by atoms with E-state index in [1.54, 1.807) is 54.6 Å². The molecule has 4 rings (SSSR count). The van der Waals surface area contributed by atoms with Crippen LogP contribution in [0.4, 0.5) is 5.69 Å². The summed E-state index contributed by atoms with van der Waals surface area (Å²) < 4.78 is 22.2. The highest BCUT2D eigenvalue weighted by atomic mass is 127. The highest BCUT2D eigenvalue weighted by molar-refractivity contribution is 14.1. The molecule has 202 valence electrons. The Morgan fingerprint density at radius 3 is 2.67 bits per heavy atom. The Morgan fingerprint density at radius 2 is 1.87 bits per heavy atom. The van der Waals surface area contributed by atoms with Crippen molar-refractivity contribution in [1.82, 2.24) is 10.7 Å². The molecular formula is C26H22ClIN4O7. The molecule has 0 saturated carbocycles. The number of nitrogens with one attached hydrogen (secondary N) is 3. The number of anilines is 1. The first-order valence-corrected chi connectivity index (χ1v) is 12.8. The van der Waals surface area contributed by atoms with Crippen LogP contribution in [0.15, 0.2) is 59.7 Å². The number of amides is 3. The lowest BCUT2D eigenvalue weighted by Gasteiger charge is -2.14. The van der Waals surface area contributed by atoms with Gasteiger partial charge in [-0.1, -0.05) is 29.8 Å². The Kier molecular flexibility index (Phi) is 9.44. The Hall–Kier alpha value is -4.04. The summed E-state index contributed by atoms with van der Waals surface area (Å²) in [4.78, 5) is 36.5. The summed E-state index contributed by atoms with van der Waals surface area (Å²) in [5.41, 5.74) is 3.97. The molecule has 0 atom stereocenters. The van der Waals surface area contributed by atoms with Crippen molar-refractivity contribution in [1.29, 1.82) is 0 Å². The summed E-state index contributed by atoms with van der Waals surface area (Å²) in [6, 6.07) is 15.4. The smallest absolute Gasteiger partial charge is 0.329 e. The van der Waals surface area contributed by atoms with Gasteiger partial charge in [0.15, 0.2) is 29.6 Å². The van der Waals surface area contributed by atoms with E-state index in [1.165, 1.54) is 13.3 Å². The van der Waals surface area contributed by atoms with E-state index < -0.39 is 17.7 Å². The van der Waals surface area contributed by atoms with Crippen LogP contribution in [0.3, 0.4) is 0 Å². The first-order chi connectivity index (χ1) is 18.8. The number of nitrogens with zero attached hydrogens (tertiary/aromatic N) is 1. The van der Waals surface area contributed by atoms with Crippen molar-refractivity contribution in [2.45, 2.75) is 6.54 Å². The fraction of sp³-hybridized carbons (Fsp3) is 0.154. The number of rotatable bonds is 9. The summed E-state index contributed by atoms with van der Waals surface area (Å²) in [5.74, 6) is -0.266. The predicted octanol–water partition coefficient (Wildman–Crippen LogP) is 3.47. The van der Waals surface area contributed by atoms with Crippen LogP contribution in [0.1, 0.15) is 11.1 Å². The van der Waals surface area contributed by atoms with Gasteiger partial charge in [0.25, 0.3) is 5.91 Å². The molecular weight excluding hydrogens is 643 g/mol.